The van der Waals surface area contributed by atoms with E-state index in [2.05, 4.69) is 0 Å². The number of hydrogen-bond donors (Lipinski definition) is 1. The Labute approximate surface area is 136 Å². The zero-order valence-corrected chi connectivity index (χ0v) is 13.8. The molecule has 5 heteroatoms. The summed E-state index contributed by atoms with van der Waals surface area (Å²) >= 11 is 6.02. The fraction of sp³-hybridized carbons (Fsp3) is 0.294. The SMILES string of the molecule is Cc1ccc(S(=O)(=O)[C@@H]2[C@@H](CN)[C@H]2c2cccc(Cl)c2)cc1. The number of sulfone groups is 1. The van der Waals surface area contributed by atoms with Crippen LogP contribution in [0.2, 0.25) is 5.02 Å². The molecule has 2 aromatic rings. The molecule has 0 aromatic heterocycles. The molecule has 1 aliphatic carbocycles. The first-order valence-electron chi connectivity index (χ1n) is 7.21. The Bertz CT molecular complexity index is 787. The highest BCUT2D eigenvalue weighted by molar-refractivity contribution is 7.92. The van der Waals surface area contributed by atoms with Crippen molar-refractivity contribution in [2.75, 3.05) is 6.54 Å². The van der Waals surface area contributed by atoms with Gasteiger partial charge in [0.15, 0.2) is 9.84 Å². The van der Waals surface area contributed by atoms with E-state index in [1.54, 1.807) is 18.2 Å². The largest absolute Gasteiger partial charge is 0.330 e. The molecule has 3 nitrogen and oxygen atoms in total. The van der Waals surface area contributed by atoms with Crippen LogP contribution in [0.5, 0.6) is 0 Å². The van der Waals surface area contributed by atoms with Gasteiger partial charge in [-0.1, -0.05) is 41.4 Å². The highest BCUT2D eigenvalue weighted by atomic mass is 35.5. The van der Waals surface area contributed by atoms with Crippen molar-refractivity contribution < 1.29 is 8.42 Å². The van der Waals surface area contributed by atoms with Gasteiger partial charge in [0, 0.05) is 10.9 Å². The summed E-state index contributed by atoms with van der Waals surface area (Å²) in [5, 5.41) is 0.158. The number of halogens is 1. The van der Waals surface area contributed by atoms with Crippen LogP contribution in [0.15, 0.2) is 53.4 Å². The lowest BCUT2D eigenvalue weighted by Crippen LogP contribution is -2.13. The fourth-order valence-electron chi connectivity index (χ4n) is 3.08. The third-order valence-corrected chi connectivity index (χ3v) is 6.83. The first kappa shape index (κ1) is 15.5. The lowest BCUT2D eigenvalue weighted by molar-refractivity contribution is 0.591. The van der Waals surface area contributed by atoms with Gasteiger partial charge in [0.25, 0.3) is 0 Å². The van der Waals surface area contributed by atoms with Crippen LogP contribution in [-0.2, 0) is 9.84 Å². The molecule has 116 valence electrons. The second-order valence-electron chi connectivity index (χ2n) is 5.80. The van der Waals surface area contributed by atoms with Gasteiger partial charge in [-0.3, -0.25) is 0 Å². The third kappa shape index (κ3) is 2.67. The highest BCUT2D eigenvalue weighted by Crippen LogP contribution is 2.53. The van der Waals surface area contributed by atoms with E-state index in [1.165, 1.54) is 0 Å². The Morgan fingerprint density at radius 2 is 1.82 bits per heavy atom. The third-order valence-electron chi connectivity index (χ3n) is 4.31. The normalized spacial score (nSPS) is 24.2. The van der Waals surface area contributed by atoms with Gasteiger partial charge in [-0.05, 0) is 49.2 Å². The number of rotatable bonds is 4. The standard InChI is InChI=1S/C17H18ClNO2S/c1-11-5-7-14(8-6-11)22(20,21)17-15(10-19)16(17)12-3-2-4-13(18)9-12/h2-9,15-17H,10,19H2,1H3/t15-,16+,17+/m0/s1. The van der Waals surface area contributed by atoms with Gasteiger partial charge in [0.05, 0.1) is 10.1 Å². The van der Waals surface area contributed by atoms with Crippen molar-refractivity contribution in [3.63, 3.8) is 0 Å². The van der Waals surface area contributed by atoms with E-state index in [0.29, 0.717) is 16.5 Å². The monoisotopic (exact) mass is 335 g/mol. The maximum absolute atomic E-state index is 12.9. The van der Waals surface area contributed by atoms with Crippen LogP contribution in [-0.4, -0.2) is 20.2 Å². The second-order valence-corrected chi connectivity index (χ2v) is 8.35. The molecule has 0 radical (unpaired) electrons. The van der Waals surface area contributed by atoms with Crippen LogP contribution >= 0.6 is 11.6 Å². The van der Waals surface area contributed by atoms with E-state index in [0.717, 1.165) is 11.1 Å². The molecule has 2 aromatic carbocycles. The van der Waals surface area contributed by atoms with Crippen LogP contribution in [0.4, 0.5) is 0 Å². The van der Waals surface area contributed by atoms with E-state index < -0.39 is 15.1 Å². The average Bonchev–Trinajstić information content (AvgIpc) is 3.23. The molecule has 0 spiro atoms. The second kappa shape index (κ2) is 5.69. The molecule has 0 aliphatic heterocycles. The quantitative estimate of drug-likeness (QED) is 0.933. The van der Waals surface area contributed by atoms with Crippen LogP contribution in [0.25, 0.3) is 0 Å². The molecule has 0 amide bonds. The summed E-state index contributed by atoms with van der Waals surface area (Å²) in [7, 11) is -3.38. The minimum absolute atomic E-state index is 0.0511. The van der Waals surface area contributed by atoms with Crippen LogP contribution in [0.1, 0.15) is 17.0 Å². The van der Waals surface area contributed by atoms with Crippen LogP contribution in [0, 0.1) is 12.8 Å². The zero-order valence-electron chi connectivity index (χ0n) is 12.2. The van der Waals surface area contributed by atoms with Crippen molar-refractivity contribution in [2.24, 2.45) is 11.7 Å². The van der Waals surface area contributed by atoms with Crippen molar-refractivity contribution >= 4 is 21.4 Å². The molecule has 1 fully saturated rings. The first-order valence-corrected chi connectivity index (χ1v) is 9.13. The van der Waals surface area contributed by atoms with Crippen molar-refractivity contribution in [3.8, 4) is 0 Å². The summed E-state index contributed by atoms with van der Waals surface area (Å²) in [6, 6.07) is 14.4. The Balaban J connectivity index is 1.95. The molecule has 3 rings (SSSR count). The van der Waals surface area contributed by atoms with E-state index in [9.17, 15) is 8.42 Å². The Morgan fingerprint density at radius 1 is 1.14 bits per heavy atom. The minimum Gasteiger partial charge on any atom is -0.330 e. The van der Waals surface area contributed by atoms with Crippen molar-refractivity contribution in [1.82, 2.24) is 0 Å². The molecule has 0 heterocycles. The first-order chi connectivity index (χ1) is 10.4. The number of hydrogen-bond acceptors (Lipinski definition) is 3. The van der Waals surface area contributed by atoms with E-state index in [1.807, 2.05) is 37.3 Å². The number of aryl methyl sites for hydroxylation is 1. The summed E-state index contributed by atoms with van der Waals surface area (Å²) in [6.45, 7) is 2.29. The van der Waals surface area contributed by atoms with Gasteiger partial charge >= 0.3 is 0 Å². The van der Waals surface area contributed by atoms with Gasteiger partial charge in [-0.2, -0.15) is 0 Å². The maximum atomic E-state index is 12.9. The van der Waals surface area contributed by atoms with Crippen LogP contribution in [0.3, 0.4) is 0 Å². The maximum Gasteiger partial charge on any atom is 0.182 e. The lowest BCUT2D eigenvalue weighted by Gasteiger charge is -2.05. The summed E-state index contributed by atoms with van der Waals surface area (Å²) in [5.74, 6) is -0.125. The van der Waals surface area contributed by atoms with E-state index >= 15 is 0 Å². The summed E-state index contributed by atoms with van der Waals surface area (Å²) in [5.41, 5.74) is 7.78. The topological polar surface area (TPSA) is 60.2 Å². The molecule has 22 heavy (non-hydrogen) atoms. The highest BCUT2D eigenvalue weighted by Gasteiger charge is 2.58. The van der Waals surface area contributed by atoms with Gasteiger partial charge in [0.2, 0.25) is 0 Å². The molecule has 0 bridgehead atoms. The van der Waals surface area contributed by atoms with Crippen molar-refractivity contribution in [3.05, 3.63) is 64.7 Å². The Kier molecular flexibility index (Phi) is 4.02. The predicted molar refractivity (Wildman–Crippen MR) is 88.9 cm³/mol. The molecular formula is C17H18ClNO2S. The van der Waals surface area contributed by atoms with Gasteiger partial charge in [-0.25, -0.2) is 8.42 Å². The molecule has 2 N–H and O–H groups in total. The van der Waals surface area contributed by atoms with E-state index in [4.69, 9.17) is 17.3 Å². The van der Waals surface area contributed by atoms with Gasteiger partial charge in [0.1, 0.15) is 0 Å². The summed E-state index contributed by atoms with van der Waals surface area (Å²) in [6.07, 6.45) is 0. The number of benzene rings is 2. The smallest absolute Gasteiger partial charge is 0.182 e. The fourth-order valence-corrected chi connectivity index (χ4v) is 5.51. The van der Waals surface area contributed by atoms with Crippen LogP contribution < -0.4 is 5.73 Å². The van der Waals surface area contributed by atoms with Crippen molar-refractivity contribution in [1.29, 1.82) is 0 Å². The summed E-state index contributed by atoms with van der Waals surface area (Å²) in [4.78, 5) is 0.367. The predicted octanol–water partition coefficient (Wildman–Crippen LogP) is 3.16. The minimum atomic E-state index is -3.38. The number of nitrogens with two attached hydrogens (primary N) is 1. The molecular weight excluding hydrogens is 318 g/mol. The molecule has 0 saturated heterocycles. The van der Waals surface area contributed by atoms with E-state index in [-0.39, 0.29) is 11.8 Å². The molecule has 1 saturated carbocycles. The summed E-state index contributed by atoms with van der Waals surface area (Å²) < 4.78 is 25.7. The lowest BCUT2D eigenvalue weighted by atomic mass is 10.1. The van der Waals surface area contributed by atoms with Gasteiger partial charge < -0.3 is 5.73 Å². The zero-order chi connectivity index (χ0) is 15.9. The van der Waals surface area contributed by atoms with Gasteiger partial charge in [-0.15, -0.1) is 0 Å². The van der Waals surface area contributed by atoms with Crippen molar-refractivity contribution in [2.45, 2.75) is 23.0 Å². The molecule has 0 unspecified atom stereocenters. The Morgan fingerprint density at radius 3 is 2.41 bits per heavy atom. The Hall–Kier alpha value is -1.36. The molecule has 3 atom stereocenters. The average molecular weight is 336 g/mol. The molecule has 1 aliphatic rings.